The Morgan fingerprint density at radius 2 is 2.14 bits per heavy atom. The van der Waals surface area contributed by atoms with E-state index in [0.29, 0.717) is 24.3 Å². The van der Waals surface area contributed by atoms with Crippen LogP contribution in [0.5, 0.6) is 0 Å². The SMILES string of the molecule is CCC(O)(Cc1ncnn1CC(C)C)c1cccc(F)c1. The number of benzene rings is 1. The molecule has 0 aliphatic rings. The molecule has 1 atom stereocenters. The molecule has 0 radical (unpaired) electrons. The maximum atomic E-state index is 13.4. The van der Waals surface area contributed by atoms with Crippen molar-refractivity contribution in [3.05, 3.63) is 47.8 Å². The smallest absolute Gasteiger partial charge is 0.138 e. The van der Waals surface area contributed by atoms with Crippen LogP contribution in [0.15, 0.2) is 30.6 Å². The molecule has 1 aromatic carbocycles. The lowest BCUT2D eigenvalue weighted by atomic mass is 9.87. The summed E-state index contributed by atoms with van der Waals surface area (Å²) >= 11 is 0. The molecule has 21 heavy (non-hydrogen) atoms. The van der Waals surface area contributed by atoms with E-state index in [2.05, 4.69) is 23.9 Å². The van der Waals surface area contributed by atoms with Crippen LogP contribution in [0.4, 0.5) is 4.39 Å². The van der Waals surface area contributed by atoms with E-state index in [4.69, 9.17) is 0 Å². The van der Waals surface area contributed by atoms with E-state index in [1.54, 1.807) is 12.1 Å². The summed E-state index contributed by atoms with van der Waals surface area (Å²) < 4.78 is 15.2. The molecule has 0 aliphatic heterocycles. The van der Waals surface area contributed by atoms with Gasteiger partial charge in [-0.15, -0.1) is 0 Å². The van der Waals surface area contributed by atoms with E-state index < -0.39 is 5.60 Å². The first kappa shape index (κ1) is 15.6. The molecule has 2 rings (SSSR count). The Balaban J connectivity index is 2.28. The van der Waals surface area contributed by atoms with Crippen LogP contribution in [0.25, 0.3) is 0 Å². The van der Waals surface area contributed by atoms with Gasteiger partial charge in [-0.1, -0.05) is 32.9 Å². The third-order valence-corrected chi connectivity index (χ3v) is 3.63. The Bertz CT molecular complexity index is 597. The van der Waals surface area contributed by atoms with Crippen molar-refractivity contribution in [1.82, 2.24) is 14.8 Å². The van der Waals surface area contributed by atoms with E-state index in [0.717, 1.165) is 12.4 Å². The number of aromatic nitrogens is 3. The minimum atomic E-state index is -1.14. The Labute approximate surface area is 124 Å². The van der Waals surface area contributed by atoms with Crippen molar-refractivity contribution in [3.63, 3.8) is 0 Å². The summed E-state index contributed by atoms with van der Waals surface area (Å²) in [7, 11) is 0. The van der Waals surface area contributed by atoms with Gasteiger partial charge in [0, 0.05) is 13.0 Å². The van der Waals surface area contributed by atoms with Gasteiger partial charge < -0.3 is 5.11 Å². The highest BCUT2D eigenvalue weighted by Gasteiger charge is 2.30. The standard InChI is InChI=1S/C16H22FN3O/c1-4-16(21,13-6-5-7-14(17)8-13)9-15-18-11-19-20(15)10-12(2)3/h5-8,11-12,21H,4,9-10H2,1-3H3. The lowest BCUT2D eigenvalue weighted by molar-refractivity contribution is 0.0291. The minimum Gasteiger partial charge on any atom is -0.385 e. The summed E-state index contributed by atoms with van der Waals surface area (Å²) in [5.74, 6) is 0.815. The van der Waals surface area contributed by atoms with Crippen molar-refractivity contribution in [2.75, 3.05) is 0 Å². The van der Waals surface area contributed by atoms with Crippen molar-refractivity contribution in [3.8, 4) is 0 Å². The Morgan fingerprint density at radius 1 is 1.38 bits per heavy atom. The van der Waals surface area contributed by atoms with Crippen molar-refractivity contribution >= 4 is 0 Å². The van der Waals surface area contributed by atoms with E-state index >= 15 is 0 Å². The lowest BCUT2D eigenvalue weighted by Crippen LogP contribution is -2.30. The second-order valence-corrected chi connectivity index (χ2v) is 5.82. The topological polar surface area (TPSA) is 50.9 Å². The molecule has 2 aromatic rings. The second kappa shape index (κ2) is 6.35. The summed E-state index contributed by atoms with van der Waals surface area (Å²) in [6.07, 6.45) is 2.30. The average Bonchev–Trinajstić information content (AvgIpc) is 2.85. The molecule has 0 amide bonds. The Kier molecular flexibility index (Phi) is 4.73. The third-order valence-electron chi connectivity index (χ3n) is 3.63. The van der Waals surface area contributed by atoms with Crippen LogP contribution < -0.4 is 0 Å². The lowest BCUT2D eigenvalue weighted by Gasteiger charge is -2.27. The molecule has 0 bridgehead atoms. The minimum absolute atomic E-state index is 0.319. The fourth-order valence-corrected chi connectivity index (χ4v) is 2.39. The first-order chi connectivity index (χ1) is 9.94. The summed E-state index contributed by atoms with van der Waals surface area (Å²) in [6.45, 7) is 6.83. The zero-order valence-electron chi connectivity index (χ0n) is 12.8. The molecule has 1 heterocycles. The average molecular weight is 291 g/mol. The van der Waals surface area contributed by atoms with Gasteiger partial charge in [0.05, 0.1) is 5.60 Å². The van der Waals surface area contributed by atoms with E-state index in [9.17, 15) is 9.50 Å². The maximum absolute atomic E-state index is 13.4. The summed E-state index contributed by atoms with van der Waals surface area (Å²) in [5.41, 5.74) is -0.562. The van der Waals surface area contributed by atoms with Crippen LogP contribution >= 0.6 is 0 Å². The van der Waals surface area contributed by atoms with Crippen LogP contribution in [0, 0.1) is 11.7 Å². The van der Waals surface area contributed by atoms with E-state index in [1.165, 1.54) is 18.5 Å². The van der Waals surface area contributed by atoms with Crippen molar-refractivity contribution in [2.45, 2.75) is 45.8 Å². The third kappa shape index (κ3) is 3.67. The number of nitrogens with zero attached hydrogens (tertiary/aromatic N) is 3. The van der Waals surface area contributed by atoms with Gasteiger partial charge in [-0.05, 0) is 30.0 Å². The van der Waals surface area contributed by atoms with Gasteiger partial charge >= 0.3 is 0 Å². The summed E-state index contributed by atoms with van der Waals surface area (Å²) in [5, 5.41) is 15.1. The number of hydrogen-bond acceptors (Lipinski definition) is 3. The molecule has 4 nitrogen and oxygen atoms in total. The molecular formula is C16H22FN3O. The quantitative estimate of drug-likeness (QED) is 0.890. The second-order valence-electron chi connectivity index (χ2n) is 5.82. The predicted octanol–water partition coefficient (Wildman–Crippen LogP) is 2.91. The molecule has 1 unspecified atom stereocenters. The number of hydrogen-bond donors (Lipinski definition) is 1. The van der Waals surface area contributed by atoms with Gasteiger partial charge in [-0.25, -0.2) is 14.1 Å². The Morgan fingerprint density at radius 3 is 2.76 bits per heavy atom. The fraction of sp³-hybridized carbons (Fsp3) is 0.500. The zero-order chi connectivity index (χ0) is 15.5. The zero-order valence-corrected chi connectivity index (χ0v) is 12.8. The molecule has 5 heteroatoms. The molecule has 0 fully saturated rings. The van der Waals surface area contributed by atoms with Crippen LogP contribution in [0.2, 0.25) is 0 Å². The van der Waals surface area contributed by atoms with Crippen molar-refractivity contribution < 1.29 is 9.50 Å². The van der Waals surface area contributed by atoms with Crippen molar-refractivity contribution in [1.29, 1.82) is 0 Å². The van der Waals surface area contributed by atoms with Crippen LogP contribution in [-0.4, -0.2) is 19.9 Å². The van der Waals surface area contributed by atoms with Gasteiger partial charge in [0.25, 0.3) is 0 Å². The normalized spacial score (nSPS) is 14.4. The predicted molar refractivity (Wildman–Crippen MR) is 79.2 cm³/mol. The van der Waals surface area contributed by atoms with E-state index in [1.807, 2.05) is 11.6 Å². The van der Waals surface area contributed by atoms with Crippen LogP contribution in [0.3, 0.4) is 0 Å². The number of aliphatic hydroxyl groups is 1. The summed E-state index contributed by atoms with van der Waals surface area (Å²) in [4.78, 5) is 4.25. The molecular weight excluding hydrogens is 269 g/mol. The number of halogens is 1. The van der Waals surface area contributed by atoms with Gasteiger partial charge in [0.1, 0.15) is 18.0 Å². The molecule has 0 saturated carbocycles. The molecule has 1 aromatic heterocycles. The molecule has 0 aliphatic carbocycles. The van der Waals surface area contributed by atoms with Crippen molar-refractivity contribution in [2.24, 2.45) is 5.92 Å². The highest BCUT2D eigenvalue weighted by atomic mass is 19.1. The summed E-state index contributed by atoms with van der Waals surface area (Å²) in [6, 6.07) is 6.12. The number of rotatable bonds is 6. The first-order valence-electron chi connectivity index (χ1n) is 7.29. The van der Waals surface area contributed by atoms with Gasteiger partial charge in [-0.2, -0.15) is 5.10 Å². The monoisotopic (exact) mass is 291 g/mol. The Hall–Kier alpha value is -1.75. The van der Waals surface area contributed by atoms with Gasteiger partial charge in [0.15, 0.2) is 0 Å². The fourth-order valence-electron chi connectivity index (χ4n) is 2.39. The van der Waals surface area contributed by atoms with Crippen LogP contribution in [-0.2, 0) is 18.6 Å². The van der Waals surface area contributed by atoms with E-state index in [-0.39, 0.29) is 5.82 Å². The van der Waals surface area contributed by atoms with Gasteiger partial charge in [-0.3, -0.25) is 0 Å². The largest absolute Gasteiger partial charge is 0.385 e. The molecule has 1 N–H and O–H groups in total. The molecule has 114 valence electrons. The molecule has 0 saturated heterocycles. The van der Waals surface area contributed by atoms with Crippen LogP contribution in [0.1, 0.15) is 38.6 Å². The molecule has 0 spiro atoms. The maximum Gasteiger partial charge on any atom is 0.138 e. The highest BCUT2D eigenvalue weighted by Crippen LogP contribution is 2.29. The first-order valence-corrected chi connectivity index (χ1v) is 7.29. The highest BCUT2D eigenvalue weighted by molar-refractivity contribution is 5.24. The van der Waals surface area contributed by atoms with Gasteiger partial charge in [0.2, 0.25) is 0 Å².